The van der Waals surface area contributed by atoms with Crippen molar-refractivity contribution < 1.29 is 23.1 Å². The Balaban J connectivity index is 2.26. The maximum atomic E-state index is 13.4. The molecule has 28 heavy (non-hydrogen) atoms. The van der Waals surface area contributed by atoms with Crippen LogP contribution in [0, 0.1) is 0 Å². The highest BCUT2D eigenvalue weighted by Crippen LogP contribution is 2.34. The summed E-state index contributed by atoms with van der Waals surface area (Å²) in [6.45, 7) is 1.76. The van der Waals surface area contributed by atoms with Crippen LogP contribution < -0.4 is 10.7 Å². The first-order chi connectivity index (χ1) is 13.2. The quantitative estimate of drug-likeness (QED) is 0.589. The van der Waals surface area contributed by atoms with E-state index < -0.39 is 40.3 Å². The smallest absolute Gasteiger partial charge is 0.387 e. The third kappa shape index (κ3) is 3.78. The van der Waals surface area contributed by atoms with E-state index in [-0.39, 0.29) is 22.6 Å². The third-order valence-corrected chi connectivity index (χ3v) is 4.83. The van der Waals surface area contributed by atoms with Crippen LogP contribution in [0.25, 0.3) is 10.9 Å². The van der Waals surface area contributed by atoms with Crippen molar-refractivity contribution in [1.29, 1.82) is 0 Å². The lowest BCUT2D eigenvalue weighted by atomic mass is 10.00. The summed E-state index contributed by atoms with van der Waals surface area (Å²) in [7, 11) is 0. The van der Waals surface area contributed by atoms with Gasteiger partial charge in [-0.25, -0.2) is 4.98 Å². The van der Waals surface area contributed by atoms with E-state index in [2.05, 4.69) is 15.3 Å². The number of halogens is 3. The molecule has 0 fully saturated rings. The van der Waals surface area contributed by atoms with Crippen molar-refractivity contribution in [2.75, 3.05) is 5.32 Å². The average molecular weight is 411 g/mol. The maximum absolute atomic E-state index is 13.4. The highest BCUT2D eigenvalue weighted by Gasteiger charge is 2.34. The number of nitrogens with one attached hydrogen (secondary N) is 2. The molecule has 0 aliphatic rings. The van der Waals surface area contributed by atoms with Gasteiger partial charge in [-0.1, -0.05) is 19.4 Å². The predicted molar refractivity (Wildman–Crippen MR) is 99.5 cm³/mol. The Morgan fingerprint density at radius 2 is 2.14 bits per heavy atom. The lowest BCUT2D eigenvalue weighted by Crippen LogP contribution is -2.27. The number of amides is 1. The van der Waals surface area contributed by atoms with Crippen molar-refractivity contribution in [3.05, 3.63) is 56.8 Å². The number of carbonyl (C=O) groups excluding carboxylic acids is 1. The summed E-state index contributed by atoms with van der Waals surface area (Å²) in [5.74, 6) is -0.847. The molecule has 2 heterocycles. The zero-order chi connectivity index (χ0) is 20.5. The molecular weight excluding hydrogens is 395 g/mol. The van der Waals surface area contributed by atoms with Crippen LogP contribution in [0.3, 0.4) is 0 Å². The van der Waals surface area contributed by atoms with E-state index in [4.69, 9.17) is 0 Å². The molecule has 0 bridgehead atoms. The largest absolute Gasteiger partial charge is 0.418 e. The summed E-state index contributed by atoms with van der Waals surface area (Å²) in [6, 6.07) is 3.15. The Hall–Kier alpha value is -2.72. The number of fused-ring (bicyclic) bond motifs is 1. The molecule has 0 aliphatic carbocycles. The molecule has 1 atom stereocenters. The Morgan fingerprint density at radius 3 is 2.75 bits per heavy atom. The van der Waals surface area contributed by atoms with Crippen molar-refractivity contribution in [3.8, 4) is 0 Å². The molecule has 3 N–H and O–H groups in total. The van der Waals surface area contributed by atoms with Crippen molar-refractivity contribution in [1.82, 2.24) is 9.97 Å². The van der Waals surface area contributed by atoms with Gasteiger partial charge in [-0.05, 0) is 18.6 Å². The van der Waals surface area contributed by atoms with Gasteiger partial charge in [0.2, 0.25) is 5.43 Å². The minimum Gasteiger partial charge on any atom is -0.387 e. The fourth-order valence-corrected chi connectivity index (χ4v) is 3.43. The van der Waals surface area contributed by atoms with Crippen LogP contribution in [-0.4, -0.2) is 21.0 Å². The lowest BCUT2D eigenvalue weighted by molar-refractivity contribution is -0.136. The molecular formula is C18H16F3N3O3S. The van der Waals surface area contributed by atoms with Gasteiger partial charge in [0, 0.05) is 17.0 Å². The lowest BCUT2D eigenvalue weighted by Gasteiger charge is -2.17. The Morgan fingerprint density at radius 1 is 1.39 bits per heavy atom. The number of H-pyrrole nitrogens is 1. The number of aliphatic hydroxyl groups is 1. The van der Waals surface area contributed by atoms with Gasteiger partial charge < -0.3 is 10.1 Å². The number of anilines is 1. The molecule has 6 nitrogen and oxygen atoms in total. The zero-order valence-electron chi connectivity index (χ0n) is 14.6. The van der Waals surface area contributed by atoms with Gasteiger partial charge in [0.25, 0.3) is 5.91 Å². The molecule has 3 aromatic rings. The van der Waals surface area contributed by atoms with Gasteiger partial charge in [0.05, 0.1) is 22.9 Å². The number of hydrogen-bond donors (Lipinski definition) is 3. The van der Waals surface area contributed by atoms with Crippen LogP contribution in [0.4, 0.5) is 18.3 Å². The summed E-state index contributed by atoms with van der Waals surface area (Å²) < 4.78 is 40.1. The summed E-state index contributed by atoms with van der Waals surface area (Å²) in [6.07, 6.45) is -3.91. The number of aromatic nitrogens is 2. The molecule has 0 saturated heterocycles. The molecule has 2 aromatic heterocycles. The number of pyridine rings is 1. The Kier molecular flexibility index (Phi) is 5.52. The third-order valence-electron chi connectivity index (χ3n) is 4.15. The SMILES string of the molecule is CCCC(O)c1[nH]c2c(C(F)(F)F)cccc2c(=O)c1C(=O)Nc1nccs1. The highest BCUT2D eigenvalue weighted by molar-refractivity contribution is 7.13. The normalized spacial score (nSPS) is 12.9. The van der Waals surface area contributed by atoms with Crippen molar-refractivity contribution >= 4 is 33.3 Å². The molecule has 0 spiro atoms. The molecule has 0 aliphatic heterocycles. The van der Waals surface area contributed by atoms with Gasteiger partial charge in [-0.15, -0.1) is 11.3 Å². The zero-order valence-corrected chi connectivity index (χ0v) is 15.4. The molecule has 0 saturated carbocycles. The second kappa shape index (κ2) is 7.72. The van der Waals surface area contributed by atoms with Gasteiger partial charge >= 0.3 is 6.18 Å². The van der Waals surface area contributed by atoms with Gasteiger partial charge in [0.1, 0.15) is 5.56 Å². The van der Waals surface area contributed by atoms with Crippen molar-refractivity contribution in [2.24, 2.45) is 0 Å². The van der Waals surface area contributed by atoms with Crippen LogP contribution in [0.5, 0.6) is 0 Å². The fourth-order valence-electron chi connectivity index (χ4n) is 2.90. The molecule has 3 rings (SSSR count). The number of carbonyl (C=O) groups is 1. The number of aromatic amines is 1. The van der Waals surface area contributed by atoms with Crippen LogP contribution in [0.2, 0.25) is 0 Å². The maximum Gasteiger partial charge on any atom is 0.418 e. The van der Waals surface area contributed by atoms with Crippen LogP contribution in [-0.2, 0) is 6.18 Å². The van der Waals surface area contributed by atoms with E-state index in [1.54, 1.807) is 12.3 Å². The summed E-state index contributed by atoms with van der Waals surface area (Å²) in [4.78, 5) is 32.0. The summed E-state index contributed by atoms with van der Waals surface area (Å²) in [5, 5.41) is 14.4. The van der Waals surface area contributed by atoms with Gasteiger partial charge in [-0.2, -0.15) is 13.2 Å². The molecule has 1 unspecified atom stereocenters. The van der Waals surface area contributed by atoms with Crippen LogP contribution >= 0.6 is 11.3 Å². The first-order valence-corrected chi connectivity index (χ1v) is 9.27. The summed E-state index contributed by atoms with van der Waals surface area (Å²) in [5.41, 5.74) is -3.07. The van der Waals surface area contributed by atoms with E-state index >= 15 is 0 Å². The number of rotatable bonds is 5. The number of thiazole rings is 1. The second-order valence-corrected chi connectivity index (χ2v) is 6.96. The van der Waals surface area contributed by atoms with Gasteiger partial charge in [-0.3, -0.25) is 14.9 Å². The molecule has 148 valence electrons. The predicted octanol–water partition coefficient (Wildman–Crippen LogP) is 4.09. The highest BCUT2D eigenvalue weighted by atomic mass is 32.1. The van der Waals surface area contributed by atoms with E-state index in [1.165, 1.54) is 12.3 Å². The summed E-state index contributed by atoms with van der Waals surface area (Å²) >= 11 is 1.12. The number of benzene rings is 1. The topological polar surface area (TPSA) is 95.1 Å². The first-order valence-electron chi connectivity index (χ1n) is 8.39. The van der Waals surface area contributed by atoms with E-state index in [9.17, 15) is 27.9 Å². The molecule has 10 heteroatoms. The Bertz CT molecular complexity index is 1060. The number of alkyl halides is 3. The minimum atomic E-state index is -4.71. The van der Waals surface area contributed by atoms with Crippen LogP contribution in [0.15, 0.2) is 34.6 Å². The number of hydrogen-bond acceptors (Lipinski definition) is 5. The molecule has 1 aromatic carbocycles. The molecule has 0 radical (unpaired) electrons. The monoisotopic (exact) mass is 411 g/mol. The van der Waals surface area contributed by atoms with Crippen molar-refractivity contribution in [2.45, 2.75) is 32.0 Å². The fraction of sp³-hybridized carbons (Fsp3) is 0.278. The van der Waals surface area contributed by atoms with E-state index in [0.29, 0.717) is 6.42 Å². The number of aliphatic hydroxyl groups excluding tert-OH is 1. The van der Waals surface area contributed by atoms with Crippen LogP contribution in [0.1, 0.15) is 47.5 Å². The Labute approximate surface area is 161 Å². The second-order valence-electron chi connectivity index (χ2n) is 6.06. The van der Waals surface area contributed by atoms with Gasteiger partial charge in [0.15, 0.2) is 5.13 Å². The van der Waals surface area contributed by atoms with E-state index in [0.717, 1.165) is 23.5 Å². The number of para-hydroxylation sites is 1. The van der Waals surface area contributed by atoms with E-state index in [1.807, 2.05) is 0 Å². The minimum absolute atomic E-state index is 0.160. The average Bonchev–Trinajstić information content (AvgIpc) is 3.13. The van der Waals surface area contributed by atoms with Crippen molar-refractivity contribution in [3.63, 3.8) is 0 Å². The number of nitrogens with zero attached hydrogens (tertiary/aromatic N) is 1. The molecule has 1 amide bonds. The standard InChI is InChI=1S/C18H16F3N3O3S/c1-2-4-11(25)14-12(16(27)24-17-22-7-8-28-17)15(26)9-5-3-6-10(13(9)23-14)18(19,20)21/h3,5-8,11,25H,2,4H2,1H3,(H,23,26)(H,22,24,27). The first kappa shape index (κ1) is 20.0.